The molecular weight excluding hydrogens is 262 g/mol. The summed E-state index contributed by atoms with van der Waals surface area (Å²) in [5.41, 5.74) is 4.07. The van der Waals surface area contributed by atoms with E-state index in [1.807, 2.05) is 13.8 Å². The molecule has 3 nitrogen and oxygen atoms in total. The number of halogens is 2. The van der Waals surface area contributed by atoms with E-state index in [0.717, 1.165) is 18.6 Å². The Morgan fingerprint density at radius 2 is 1.60 bits per heavy atom. The Balaban J connectivity index is 2.92. The van der Waals surface area contributed by atoms with Crippen molar-refractivity contribution in [1.29, 1.82) is 0 Å². The summed E-state index contributed by atoms with van der Waals surface area (Å²) in [7, 11) is 0. The molecule has 0 unspecified atom stereocenters. The second-order valence-electron chi connectivity index (χ2n) is 6.93. The summed E-state index contributed by atoms with van der Waals surface area (Å²) in [5, 5.41) is 2.79. The van der Waals surface area contributed by atoms with Gasteiger partial charge < -0.3 is 11.1 Å². The van der Waals surface area contributed by atoms with Gasteiger partial charge in [-0.1, -0.05) is 20.8 Å². The number of anilines is 1. The van der Waals surface area contributed by atoms with E-state index >= 15 is 0 Å². The molecule has 3 N–H and O–H groups in total. The van der Waals surface area contributed by atoms with E-state index in [0.29, 0.717) is 0 Å². The first-order chi connectivity index (χ1) is 8.91. The van der Waals surface area contributed by atoms with Gasteiger partial charge >= 0.3 is 0 Å². The predicted molar refractivity (Wildman–Crippen MR) is 76.4 cm³/mol. The van der Waals surface area contributed by atoms with Crippen molar-refractivity contribution < 1.29 is 13.6 Å². The van der Waals surface area contributed by atoms with Crippen LogP contribution in [-0.4, -0.2) is 11.4 Å². The van der Waals surface area contributed by atoms with Gasteiger partial charge in [0.15, 0.2) is 0 Å². The topological polar surface area (TPSA) is 55.1 Å². The second kappa shape index (κ2) is 5.38. The maximum atomic E-state index is 13.4. The molecule has 0 aliphatic carbocycles. The molecule has 0 heterocycles. The number of hydrogen-bond donors (Lipinski definition) is 2. The highest BCUT2D eigenvalue weighted by Crippen LogP contribution is 2.27. The summed E-state index contributed by atoms with van der Waals surface area (Å²) in [5.74, 6) is -2.37. The molecule has 0 saturated carbocycles. The van der Waals surface area contributed by atoms with Gasteiger partial charge in [0.2, 0.25) is 0 Å². The van der Waals surface area contributed by atoms with E-state index in [1.54, 1.807) is 0 Å². The minimum absolute atomic E-state index is 0.0222. The van der Waals surface area contributed by atoms with Gasteiger partial charge in [0.05, 0.1) is 0 Å². The van der Waals surface area contributed by atoms with Crippen LogP contribution in [0.5, 0.6) is 0 Å². The maximum Gasteiger partial charge on any atom is 0.251 e. The van der Waals surface area contributed by atoms with Gasteiger partial charge in [-0.05, 0) is 37.8 Å². The van der Waals surface area contributed by atoms with Crippen LogP contribution in [0.15, 0.2) is 12.1 Å². The quantitative estimate of drug-likeness (QED) is 0.835. The SMILES string of the molecule is CC(C)(C)CC(C)(C)NC(=O)c1cc(F)c(N)c(F)c1. The van der Waals surface area contributed by atoms with Crippen LogP contribution in [-0.2, 0) is 0 Å². The predicted octanol–water partition coefficient (Wildman–Crippen LogP) is 3.49. The number of benzene rings is 1. The lowest BCUT2D eigenvalue weighted by atomic mass is 9.81. The average molecular weight is 284 g/mol. The van der Waals surface area contributed by atoms with E-state index < -0.39 is 28.8 Å². The number of amides is 1. The molecule has 20 heavy (non-hydrogen) atoms. The molecule has 1 aromatic rings. The van der Waals surface area contributed by atoms with Crippen molar-refractivity contribution in [3.05, 3.63) is 29.3 Å². The molecule has 112 valence electrons. The zero-order chi connectivity index (χ0) is 15.7. The normalized spacial score (nSPS) is 12.3. The van der Waals surface area contributed by atoms with Gasteiger partial charge in [0.25, 0.3) is 5.91 Å². The number of carbonyl (C=O) groups excluding carboxylic acids is 1. The molecule has 0 aliphatic heterocycles. The number of rotatable bonds is 3. The molecule has 0 atom stereocenters. The van der Waals surface area contributed by atoms with Crippen molar-refractivity contribution in [3.8, 4) is 0 Å². The molecule has 0 radical (unpaired) electrons. The molecule has 0 spiro atoms. The van der Waals surface area contributed by atoms with E-state index in [9.17, 15) is 13.6 Å². The molecular formula is C15H22F2N2O. The van der Waals surface area contributed by atoms with Gasteiger partial charge in [-0.2, -0.15) is 0 Å². The Hall–Kier alpha value is -1.65. The largest absolute Gasteiger partial charge is 0.394 e. The highest BCUT2D eigenvalue weighted by molar-refractivity contribution is 5.95. The fraction of sp³-hybridized carbons (Fsp3) is 0.533. The first kappa shape index (κ1) is 16.4. The molecule has 0 bridgehead atoms. The number of nitrogens with two attached hydrogens (primary N) is 1. The van der Waals surface area contributed by atoms with Crippen molar-refractivity contribution in [3.63, 3.8) is 0 Å². The number of nitrogens with one attached hydrogen (secondary N) is 1. The van der Waals surface area contributed by atoms with Crippen molar-refractivity contribution in [2.24, 2.45) is 5.41 Å². The number of hydrogen-bond acceptors (Lipinski definition) is 2. The molecule has 5 heteroatoms. The summed E-state index contributed by atoms with van der Waals surface area (Å²) >= 11 is 0. The third kappa shape index (κ3) is 4.47. The summed E-state index contributed by atoms with van der Waals surface area (Å²) in [4.78, 5) is 12.1. The van der Waals surface area contributed by atoms with Gasteiger partial charge in [0.1, 0.15) is 17.3 Å². The average Bonchev–Trinajstić information content (AvgIpc) is 2.20. The van der Waals surface area contributed by atoms with Crippen LogP contribution in [0.3, 0.4) is 0 Å². The zero-order valence-electron chi connectivity index (χ0n) is 12.6. The lowest BCUT2D eigenvalue weighted by Gasteiger charge is -2.33. The van der Waals surface area contributed by atoms with Gasteiger partial charge in [-0.25, -0.2) is 8.78 Å². The monoisotopic (exact) mass is 284 g/mol. The third-order valence-corrected chi connectivity index (χ3v) is 2.77. The first-order valence-electron chi connectivity index (χ1n) is 6.48. The van der Waals surface area contributed by atoms with Crippen LogP contribution in [0.4, 0.5) is 14.5 Å². The van der Waals surface area contributed by atoms with Crippen LogP contribution in [0.1, 0.15) is 51.4 Å². The van der Waals surface area contributed by atoms with Crippen LogP contribution >= 0.6 is 0 Å². The van der Waals surface area contributed by atoms with E-state index in [2.05, 4.69) is 26.1 Å². The summed E-state index contributed by atoms with van der Waals surface area (Å²) in [6.07, 6.45) is 0.728. The Morgan fingerprint density at radius 3 is 2.00 bits per heavy atom. The highest BCUT2D eigenvalue weighted by Gasteiger charge is 2.27. The minimum Gasteiger partial charge on any atom is -0.394 e. The van der Waals surface area contributed by atoms with Gasteiger partial charge in [-0.3, -0.25) is 4.79 Å². The fourth-order valence-corrected chi connectivity index (χ4v) is 2.46. The highest BCUT2D eigenvalue weighted by atomic mass is 19.1. The molecule has 1 rings (SSSR count). The fourth-order valence-electron chi connectivity index (χ4n) is 2.46. The Bertz CT molecular complexity index is 496. The summed E-state index contributed by atoms with van der Waals surface area (Å²) in [6.45, 7) is 9.93. The molecule has 0 aliphatic rings. The zero-order valence-corrected chi connectivity index (χ0v) is 12.6. The number of nitrogen functional groups attached to an aromatic ring is 1. The van der Waals surface area contributed by atoms with Crippen LogP contribution in [0.25, 0.3) is 0 Å². The van der Waals surface area contributed by atoms with E-state index in [4.69, 9.17) is 5.73 Å². The van der Waals surface area contributed by atoms with E-state index in [1.165, 1.54) is 0 Å². The second-order valence-corrected chi connectivity index (χ2v) is 6.93. The van der Waals surface area contributed by atoms with Gasteiger partial charge in [0, 0.05) is 11.1 Å². The first-order valence-corrected chi connectivity index (χ1v) is 6.48. The van der Waals surface area contributed by atoms with Crippen LogP contribution < -0.4 is 11.1 Å². The van der Waals surface area contributed by atoms with Crippen LogP contribution in [0, 0.1) is 17.0 Å². The Labute approximate surface area is 118 Å². The molecule has 0 saturated heterocycles. The lowest BCUT2D eigenvalue weighted by molar-refractivity contribution is 0.0890. The number of carbonyl (C=O) groups is 1. The maximum absolute atomic E-state index is 13.4. The standard InChI is InChI=1S/C15H22F2N2O/c1-14(2,3)8-15(4,5)19-13(20)9-6-10(16)12(18)11(17)7-9/h6-7H,8,18H2,1-5H3,(H,19,20). The van der Waals surface area contributed by atoms with Crippen LogP contribution in [0.2, 0.25) is 0 Å². The Kier molecular flexibility index (Phi) is 4.42. The third-order valence-electron chi connectivity index (χ3n) is 2.77. The lowest BCUT2D eigenvalue weighted by Crippen LogP contribution is -2.45. The van der Waals surface area contributed by atoms with Crippen molar-refractivity contribution in [1.82, 2.24) is 5.32 Å². The minimum atomic E-state index is -0.927. The molecule has 0 aromatic heterocycles. The summed E-state index contributed by atoms with van der Waals surface area (Å²) < 4.78 is 26.7. The smallest absolute Gasteiger partial charge is 0.251 e. The van der Waals surface area contributed by atoms with E-state index in [-0.39, 0.29) is 11.0 Å². The molecule has 0 fully saturated rings. The molecule has 1 amide bonds. The Morgan fingerprint density at radius 1 is 1.15 bits per heavy atom. The van der Waals surface area contributed by atoms with Crippen molar-refractivity contribution in [2.75, 3.05) is 5.73 Å². The summed E-state index contributed by atoms with van der Waals surface area (Å²) in [6, 6.07) is 1.89. The van der Waals surface area contributed by atoms with Crippen molar-refractivity contribution >= 4 is 11.6 Å². The van der Waals surface area contributed by atoms with Crippen molar-refractivity contribution in [2.45, 2.75) is 46.6 Å². The molecule has 1 aromatic carbocycles. The van der Waals surface area contributed by atoms with Gasteiger partial charge in [-0.15, -0.1) is 0 Å².